The lowest BCUT2D eigenvalue weighted by atomic mass is 10.1. The SMILES string of the molecule is COc1cc(C(=O)NC(C)(C)CO)ccc1Nc1nc2ccc(-c3ccc(C(=O)NCc4ccc(F)cc4)c(Cl)c3)cn2n1. The highest BCUT2D eigenvalue weighted by atomic mass is 35.5. The number of methoxy groups -OCH3 is 1. The van der Waals surface area contributed by atoms with Gasteiger partial charge in [-0.25, -0.2) is 8.91 Å². The minimum absolute atomic E-state index is 0.202. The highest BCUT2D eigenvalue weighted by molar-refractivity contribution is 6.34. The molecule has 44 heavy (non-hydrogen) atoms. The number of carbonyl (C=O) groups is 2. The minimum Gasteiger partial charge on any atom is -0.495 e. The van der Waals surface area contributed by atoms with Crippen LogP contribution >= 0.6 is 11.6 Å². The second-order valence-electron chi connectivity index (χ2n) is 10.7. The van der Waals surface area contributed by atoms with Crippen molar-refractivity contribution in [1.82, 2.24) is 25.2 Å². The Balaban J connectivity index is 1.30. The van der Waals surface area contributed by atoms with Gasteiger partial charge in [0.15, 0.2) is 5.65 Å². The molecular weight excluding hydrogens is 587 g/mol. The highest BCUT2D eigenvalue weighted by Crippen LogP contribution is 2.29. The fourth-order valence-electron chi connectivity index (χ4n) is 4.34. The number of amides is 2. The molecule has 0 fully saturated rings. The summed E-state index contributed by atoms with van der Waals surface area (Å²) >= 11 is 6.48. The van der Waals surface area contributed by atoms with E-state index < -0.39 is 5.54 Å². The van der Waals surface area contributed by atoms with Crippen LogP contribution in [0, 0.1) is 5.82 Å². The lowest BCUT2D eigenvalue weighted by Crippen LogP contribution is -2.46. The zero-order valence-electron chi connectivity index (χ0n) is 24.2. The molecule has 226 valence electrons. The number of ether oxygens (including phenoxy) is 1. The Labute approximate surface area is 257 Å². The molecule has 0 saturated carbocycles. The molecule has 3 aromatic carbocycles. The van der Waals surface area contributed by atoms with E-state index in [0.717, 1.165) is 16.7 Å². The third-order valence-electron chi connectivity index (χ3n) is 6.80. The van der Waals surface area contributed by atoms with Crippen LogP contribution in [0.3, 0.4) is 0 Å². The number of pyridine rings is 1. The molecule has 2 aromatic heterocycles. The maximum absolute atomic E-state index is 13.1. The number of fused-ring (bicyclic) bond motifs is 1. The molecule has 0 saturated heterocycles. The van der Waals surface area contributed by atoms with Crippen LogP contribution in [0.4, 0.5) is 16.0 Å². The first-order valence-electron chi connectivity index (χ1n) is 13.6. The van der Waals surface area contributed by atoms with E-state index in [4.69, 9.17) is 16.3 Å². The topological polar surface area (TPSA) is 130 Å². The fraction of sp³-hybridized carbons (Fsp3) is 0.188. The van der Waals surface area contributed by atoms with E-state index >= 15 is 0 Å². The third kappa shape index (κ3) is 6.96. The molecule has 5 aromatic rings. The van der Waals surface area contributed by atoms with Crippen LogP contribution in [-0.2, 0) is 6.54 Å². The van der Waals surface area contributed by atoms with Crippen molar-refractivity contribution in [3.63, 3.8) is 0 Å². The number of nitrogens with zero attached hydrogens (tertiary/aromatic N) is 3. The molecule has 12 heteroatoms. The van der Waals surface area contributed by atoms with Gasteiger partial charge in [0.1, 0.15) is 11.6 Å². The van der Waals surface area contributed by atoms with E-state index in [-0.39, 0.29) is 35.8 Å². The molecule has 0 unspecified atom stereocenters. The van der Waals surface area contributed by atoms with Crippen LogP contribution in [0.1, 0.15) is 40.1 Å². The van der Waals surface area contributed by atoms with Gasteiger partial charge in [-0.1, -0.05) is 29.8 Å². The summed E-state index contributed by atoms with van der Waals surface area (Å²) in [5, 5.41) is 23.0. The Bertz CT molecular complexity index is 1840. The minimum atomic E-state index is -0.769. The van der Waals surface area contributed by atoms with Crippen molar-refractivity contribution in [2.24, 2.45) is 0 Å². The van der Waals surface area contributed by atoms with Crippen molar-refractivity contribution in [3.8, 4) is 16.9 Å². The van der Waals surface area contributed by atoms with Gasteiger partial charge in [0.2, 0.25) is 5.95 Å². The van der Waals surface area contributed by atoms with E-state index in [0.29, 0.717) is 34.2 Å². The summed E-state index contributed by atoms with van der Waals surface area (Å²) in [6.07, 6.45) is 1.79. The van der Waals surface area contributed by atoms with E-state index in [1.54, 1.807) is 79.2 Å². The van der Waals surface area contributed by atoms with Gasteiger partial charge >= 0.3 is 0 Å². The normalized spacial score (nSPS) is 11.3. The second kappa shape index (κ2) is 12.7. The van der Waals surface area contributed by atoms with Gasteiger partial charge < -0.3 is 25.8 Å². The number of hydrogen-bond donors (Lipinski definition) is 4. The molecule has 2 heterocycles. The summed E-state index contributed by atoms with van der Waals surface area (Å²) in [6.45, 7) is 3.48. The Morgan fingerprint density at radius 3 is 2.45 bits per heavy atom. The average Bonchev–Trinajstić information content (AvgIpc) is 3.42. The van der Waals surface area contributed by atoms with Crippen LogP contribution < -0.4 is 20.7 Å². The summed E-state index contributed by atoms with van der Waals surface area (Å²) in [7, 11) is 1.49. The molecule has 10 nitrogen and oxygen atoms in total. The predicted octanol–water partition coefficient (Wildman–Crippen LogP) is 5.37. The first kappa shape index (κ1) is 30.5. The highest BCUT2D eigenvalue weighted by Gasteiger charge is 2.21. The second-order valence-corrected chi connectivity index (χ2v) is 11.1. The number of aliphatic hydroxyl groups is 1. The number of aromatic nitrogens is 3. The van der Waals surface area contributed by atoms with Crippen LogP contribution in [0.25, 0.3) is 16.8 Å². The summed E-state index contributed by atoms with van der Waals surface area (Å²) in [5.74, 6) is -0.300. The Morgan fingerprint density at radius 2 is 1.75 bits per heavy atom. The van der Waals surface area contributed by atoms with Gasteiger partial charge in [0.05, 0.1) is 35.5 Å². The van der Waals surface area contributed by atoms with Gasteiger partial charge in [0, 0.05) is 23.9 Å². The molecule has 5 rings (SSSR count). The van der Waals surface area contributed by atoms with Crippen molar-refractivity contribution in [1.29, 1.82) is 0 Å². The monoisotopic (exact) mass is 616 g/mol. The quantitative estimate of drug-likeness (QED) is 0.166. The lowest BCUT2D eigenvalue weighted by Gasteiger charge is -2.23. The summed E-state index contributed by atoms with van der Waals surface area (Å²) in [4.78, 5) is 29.9. The molecule has 2 amide bonds. The van der Waals surface area contributed by atoms with Crippen molar-refractivity contribution in [2.45, 2.75) is 25.9 Å². The maximum Gasteiger partial charge on any atom is 0.253 e. The largest absolute Gasteiger partial charge is 0.495 e. The Kier molecular flexibility index (Phi) is 8.79. The van der Waals surface area contributed by atoms with Crippen molar-refractivity contribution >= 4 is 40.7 Å². The third-order valence-corrected chi connectivity index (χ3v) is 7.11. The van der Waals surface area contributed by atoms with Crippen LogP contribution in [0.5, 0.6) is 5.75 Å². The Morgan fingerprint density at radius 1 is 1.00 bits per heavy atom. The van der Waals surface area contributed by atoms with Gasteiger partial charge in [-0.2, -0.15) is 4.98 Å². The molecule has 0 spiro atoms. The zero-order chi connectivity index (χ0) is 31.4. The average molecular weight is 617 g/mol. The van der Waals surface area contributed by atoms with E-state index in [1.807, 2.05) is 6.07 Å². The van der Waals surface area contributed by atoms with Crippen LogP contribution in [0.2, 0.25) is 5.02 Å². The number of rotatable bonds is 10. The van der Waals surface area contributed by atoms with E-state index in [9.17, 15) is 19.1 Å². The number of hydrogen-bond acceptors (Lipinski definition) is 7. The van der Waals surface area contributed by atoms with E-state index in [1.165, 1.54) is 19.2 Å². The van der Waals surface area contributed by atoms with Crippen molar-refractivity contribution in [3.05, 3.63) is 107 Å². The number of aliphatic hydroxyl groups excluding tert-OH is 1. The number of carbonyl (C=O) groups excluding carboxylic acids is 2. The fourth-order valence-corrected chi connectivity index (χ4v) is 4.61. The number of halogens is 2. The predicted molar refractivity (Wildman–Crippen MR) is 166 cm³/mol. The van der Waals surface area contributed by atoms with E-state index in [2.05, 4.69) is 26.0 Å². The molecule has 0 aliphatic carbocycles. The van der Waals surface area contributed by atoms with Gasteiger partial charge in [-0.3, -0.25) is 9.59 Å². The molecule has 0 radical (unpaired) electrons. The van der Waals surface area contributed by atoms with Crippen LogP contribution in [0.15, 0.2) is 79.0 Å². The first-order valence-corrected chi connectivity index (χ1v) is 14.0. The zero-order valence-corrected chi connectivity index (χ0v) is 24.9. The molecule has 0 bridgehead atoms. The molecule has 4 N–H and O–H groups in total. The number of nitrogens with one attached hydrogen (secondary N) is 3. The number of anilines is 2. The van der Waals surface area contributed by atoms with Gasteiger partial charge in [-0.05, 0) is 79.6 Å². The standard InChI is InChI=1S/C32H30ClFN6O4/c1-32(2,18-41)38-29(42)21-7-12-26(27(15-21)44-3)36-31-37-28-13-8-22(17-40(28)39-31)20-6-11-24(25(33)14-20)30(43)35-16-19-4-9-23(34)10-5-19/h4-15,17,41H,16,18H2,1-3H3,(H,35,43)(H,36,39)(H,38,42). The Hall–Kier alpha value is -5.00. The maximum atomic E-state index is 13.1. The van der Waals surface area contributed by atoms with Crippen molar-refractivity contribution in [2.75, 3.05) is 19.0 Å². The summed E-state index contributed by atoms with van der Waals surface area (Å²) in [5.41, 5.74) is 3.40. The number of benzene rings is 3. The first-order chi connectivity index (χ1) is 21.0. The lowest BCUT2D eigenvalue weighted by molar-refractivity contribution is 0.0868. The van der Waals surface area contributed by atoms with Crippen molar-refractivity contribution < 1.29 is 23.8 Å². The smallest absolute Gasteiger partial charge is 0.253 e. The summed E-state index contributed by atoms with van der Waals surface area (Å²) in [6, 6.07) is 19.6. The molecular formula is C32H30ClFN6O4. The summed E-state index contributed by atoms with van der Waals surface area (Å²) < 4.78 is 20.2. The molecule has 0 atom stereocenters. The van der Waals surface area contributed by atoms with Gasteiger partial charge in [-0.15, -0.1) is 5.10 Å². The van der Waals surface area contributed by atoms with Gasteiger partial charge in [0.25, 0.3) is 11.8 Å². The van der Waals surface area contributed by atoms with Crippen LogP contribution in [-0.4, -0.2) is 50.8 Å². The molecule has 0 aliphatic rings. The molecule has 0 aliphatic heterocycles.